The predicted octanol–water partition coefficient (Wildman–Crippen LogP) is -0.120. The van der Waals surface area contributed by atoms with Gasteiger partial charge in [-0.3, -0.25) is 0 Å². The minimum atomic E-state index is -1.43. The van der Waals surface area contributed by atoms with Crippen molar-refractivity contribution in [3.63, 3.8) is 0 Å². The van der Waals surface area contributed by atoms with Crippen molar-refractivity contribution < 1.29 is 29.5 Å². The fourth-order valence-electron chi connectivity index (χ4n) is 2.87. The summed E-state index contributed by atoms with van der Waals surface area (Å²) in [5.41, 5.74) is 1.49. The fourth-order valence-corrected chi connectivity index (χ4v) is 2.87. The average molecular weight is 282 g/mol. The maximum atomic E-state index is 10.3. The first-order valence-electron chi connectivity index (χ1n) is 6.53. The van der Waals surface area contributed by atoms with Gasteiger partial charge in [0.05, 0.1) is 19.8 Å². The molecule has 5 unspecified atom stereocenters. The molecule has 1 aromatic rings. The Hall–Kier alpha value is -1.18. The highest BCUT2D eigenvalue weighted by Gasteiger charge is 2.57. The molecule has 0 radical (unpaired) electrons. The van der Waals surface area contributed by atoms with Gasteiger partial charge in [0.15, 0.2) is 0 Å². The van der Waals surface area contributed by atoms with Crippen molar-refractivity contribution in [1.29, 1.82) is 0 Å². The van der Waals surface area contributed by atoms with Gasteiger partial charge in [0.1, 0.15) is 24.1 Å². The average Bonchev–Trinajstić information content (AvgIpc) is 2.82. The molecule has 0 bridgehead atoms. The normalized spacial score (nSPS) is 39.9. The summed E-state index contributed by atoms with van der Waals surface area (Å²) in [5.74, 6) is -0.747. The van der Waals surface area contributed by atoms with E-state index in [0.29, 0.717) is 11.3 Å². The molecule has 1 saturated heterocycles. The first kappa shape index (κ1) is 13.8. The van der Waals surface area contributed by atoms with E-state index in [2.05, 4.69) is 0 Å². The summed E-state index contributed by atoms with van der Waals surface area (Å²) in [4.78, 5) is 0. The largest absolute Gasteiger partial charge is 0.497 e. The maximum Gasteiger partial charge on any atom is 0.225 e. The van der Waals surface area contributed by atoms with E-state index < -0.39 is 30.2 Å². The molecule has 2 aliphatic rings. The molecular formula is C14H18O6. The predicted molar refractivity (Wildman–Crippen MR) is 68.0 cm³/mol. The van der Waals surface area contributed by atoms with Crippen LogP contribution in [0.25, 0.3) is 0 Å². The lowest BCUT2D eigenvalue weighted by Gasteiger charge is -2.45. The second-order valence-corrected chi connectivity index (χ2v) is 5.23. The van der Waals surface area contributed by atoms with E-state index in [1.54, 1.807) is 26.2 Å². The Labute approximate surface area is 116 Å². The highest BCUT2D eigenvalue weighted by Crippen LogP contribution is 2.46. The summed E-state index contributed by atoms with van der Waals surface area (Å²) in [5, 5.41) is 30.1. The third-order valence-electron chi connectivity index (χ3n) is 4.03. The van der Waals surface area contributed by atoms with Crippen LogP contribution in [0, 0.1) is 0 Å². The van der Waals surface area contributed by atoms with E-state index in [9.17, 15) is 15.3 Å². The molecule has 5 atom stereocenters. The van der Waals surface area contributed by atoms with Gasteiger partial charge in [-0.05, 0) is 30.7 Å². The van der Waals surface area contributed by atoms with Gasteiger partial charge in [0.25, 0.3) is 0 Å². The van der Waals surface area contributed by atoms with Crippen LogP contribution in [0.3, 0.4) is 0 Å². The standard InChI is InChI=1S/C14H18O6/c1-7-11(15)12(16)13(17)14(20-7)10-4-3-9(18-2)5-8(10)6-19-14/h3-5,7,11-13,15-17H,6H2,1-2H3. The van der Waals surface area contributed by atoms with Gasteiger partial charge in [0, 0.05) is 5.56 Å². The van der Waals surface area contributed by atoms with E-state index in [1.807, 2.05) is 6.07 Å². The van der Waals surface area contributed by atoms with E-state index >= 15 is 0 Å². The number of rotatable bonds is 1. The van der Waals surface area contributed by atoms with E-state index in [-0.39, 0.29) is 6.61 Å². The first-order valence-corrected chi connectivity index (χ1v) is 6.53. The highest BCUT2D eigenvalue weighted by atomic mass is 16.7. The number of hydrogen-bond donors (Lipinski definition) is 3. The monoisotopic (exact) mass is 282 g/mol. The molecule has 110 valence electrons. The van der Waals surface area contributed by atoms with Crippen molar-refractivity contribution in [2.45, 2.75) is 43.7 Å². The van der Waals surface area contributed by atoms with Crippen LogP contribution >= 0.6 is 0 Å². The zero-order valence-electron chi connectivity index (χ0n) is 11.3. The van der Waals surface area contributed by atoms with Crippen molar-refractivity contribution in [3.05, 3.63) is 29.3 Å². The molecule has 1 aromatic carbocycles. The second kappa shape index (κ2) is 4.68. The van der Waals surface area contributed by atoms with Crippen LogP contribution in [0.15, 0.2) is 18.2 Å². The van der Waals surface area contributed by atoms with Crippen LogP contribution < -0.4 is 4.74 Å². The number of hydrogen-bond acceptors (Lipinski definition) is 6. The zero-order valence-corrected chi connectivity index (χ0v) is 11.3. The Bertz CT molecular complexity index is 518. The molecular weight excluding hydrogens is 264 g/mol. The van der Waals surface area contributed by atoms with Gasteiger partial charge in [0.2, 0.25) is 5.79 Å². The topological polar surface area (TPSA) is 88.4 Å². The molecule has 0 saturated carbocycles. The van der Waals surface area contributed by atoms with Crippen molar-refractivity contribution in [2.24, 2.45) is 0 Å². The lowest BCUT2D eigenvalue weighted by Crippen LogP contribution is -2.61. The third-order valence-corrected chi connectivity index (χ3v) is 4.03. The molecule has 1 fully saturated rings. The molecule has 0 aromatic heterocycles. The Morgan fingerprint density at radius 1 is 1.25 bits per heavy atom. The minimum Gasteiger partial charge on any atom is -0.497 e. The number of aliphatic hydroxyl groups excluding tert-OH is 3. The highest BCUT2D eigenvalue weighted by molar-refractivity contribution is 5.41. The number of methoxy groups -OCH3 is 1. The maximum absolute atomic E-state index is 10.3. The van der Waals surface area contributed by atoms with Gasteiger partial charge in [-0.25, -0.2) is 0 Å². The molecule has 6 nitrogen and oxygen atoms in total. The second-order valence-electron chi connectivity index (χ2n) is 5.23. The van der Waals surface area contributed by atoms with E-state index in [4.69, 9.17) is 14.2 Å². The molecule has 20 heavy (non-hydrogen) atoms. The van der Waals surface area contributed by atoms with Gasteiger partial charge in [-0.2, -0.15) is 0 Å². The van der Waals surface area contributed by atoms with Crippen molar-refractivity contribution in [3.8, 4) is 5.75 Å². The first-order chi connectivity index (χ1) is 9.49. The SMILES string of the molecule is COc1ccc2c(c1)COC21OC(C)C(O)C(O)C1O. The molecule has 0 amide bonds. The van der Waals surface area contributed by atoms with E-state index in [1.165, 1.54) is 0 Å². The quantitative estimate of drug-likeness (QED) is 0.665. The summed E-state index contributed by atoms with van der Waals surface area (Å²) < 4.78 is 16.5. The van der Waals surface area contributed by atoms with Gasteiger partial charge < -0.3 is 29.5 Å². The smallest absolute Gasteiger partial charge is 0.225 e. The zero-order chi connectivity index (χ0) is 14.5. The number of fused-ring (bicyclic) bond motifs is 2. The fraction of sp³-hybridized carbons (Fsp3) is 0.571. The number of aliphatic hydroxyl groups is 3. The van der Waals surface area contributed by atoms with Crippen LogP contribution in [0.2, 0.25) is 0 Å². The summed E-state index contributed by atoms with van der Waals surface area (Å²) in [6.07, 6.45) is -4.49. The summed E-state index contributed by atoms with van der Waals surface area (Å²) in [7, 11) is 1.57. The van der Waals surface area contributed by atoms with Crippen molar-refractivity contribution in [2.75, 3.05) is 7.11 Å². The Balaban J connectivity index is 2.03. The van der Waals surface area contributed by atoms with Gasteiger partial charge in [-0.1, -0.05) is 0 Å². The lowest BCUT2D eigenvalue weighted by atomic mass is 9.88. The molecule has 2 heterocycles. The number of benzene rings is 1. The molecule has 0 aliphatic carbocycles. The van der Waals surface area contributed by atoms with E-state index in [0.717, 1.165) is 5.56 Å². The molecule has 3 N–H and O–H groups in total. The van der Waals surface area contributed by atoms with Crippen LogP contribution in [0.1, 0.15) is 18.1 Å². The molecule has 1 spiro atoms. The van der Waals surface area contributed by atoms with Crippen molar-refractivity contribution >= 4 is 0 Å². The van der Waals surface area contributed by atoms with Crippen LogP contribution in [-0.4, -0.2) is 46.8 Å². The van der Waals surface area contributed by atoms with Crippen LogP contribution in [0.4, 0.5) is 0 Å². The summed E-state index contributed by atoms with van der Waals surface area (Å²) in [6, 6.07) is 5.30. The number of ether oxygens (including phenoxy) is 3. The van der Waals surface area contributed by atoms with Crippen LogP contribution in [-0.2, 0) is 21.9 Å². The summed E-state index contributed by atoms with van der Waals surface area (Å²) >= 11 is 0. The van der Waals surface area contributed by atoms with Gasteiger partial charge >= 0.3 is 0 Å². The summed E-state index contributed by atoms with van der Waals surface area (Å²) in [6.45, 7) is 1.88. The Kier molecular flexibility index (Phi) is 3.23. The molecule has 3 rings (SSSR count). The minimum absolute atomic E-state index is 0.249. The third kappa shape index (κ3) is 1.77. The Morgan fingerprint density at radius 3 is 2.70 bits per heavy atom. The lowest BCUT2D eigenvalue weighted by molar-refractivity contribution is -0.362. The van der Waals surface area contributed by atoms with Gasteiger partial charge in [-0.15, -0.1) is 0 Å². The van der Waals surface area contributed by atoms with Crippen LogP contribution in [0.5, 0.6) is 5.75 Å². The van der Waals surface area contributed by atoms with Crippen molar-refractivity contribution in [1.82, 2.24) is 0 Å². The molecule has 2 aliphatic heterocycles. The Morgan fingerprint density at radius 2 is 2.00 bits per heavy atom. The molecule has 6 heteroatoms.